The van der Waals surface area contributed by atoms with E-state index in [-0.39, 0.29) is 17.9 Å². The minimum Gasteiger partial charge on any atom is -0.351 e. The third-order valence-corrected chi connectivity index (χ3v) is 9.17. The van der Waals surface area contributed by atoms with Crippen molar-refractivity contribution in [3.05, 3.63) is 45.6 Å². The van der Waals surface area contributed by atoms with E-state index < -0.39 is 5.54 Å². The van der Waals surface area contributed by atoms with E-state index >= 15 is 0 Å². The van der Waals surface area contributed by atoms with Gasteiger partial charge in [0.25, 0.3) is 5.91 Å². The summed E-state index contributed by atoms with van der Waals surface area (Å²) in [6.07, 6.45) is 3.37. The highest BCUT2D eigenvalue weighted by Gasteiger charge is 2.48. The Hall–Kier alpha value is -2.12. The summed E-state index contributed by atoms with van der Waals surface area (Å²) in [4.78, 5) is 30.4. The van der Waals surface area contributed by atoms with Crippen molar-refractivity contribution in [1.29, 1.82) is 0 Å². The van der Waals surface area contributed by atoms with E-state index in [1.807, 2.05) is 40.5 Å². The topological polar surface area (TPSA) is 54.3 Å². The Morgan fingerprint density at radius 1 is 1.23 bits per heavy atom. The van der Waals surface area contributed by atoms with Crippen LogP contribution >= 0.6 is 22.7 Å². The van der Waals surface area contributed by atoms with Gasteiger partial charge in [0.15, 0.2) is 0 Å². The molecule has 164 valence electrons. The van der Waals surface area contributed by atoms with Crippen LogP contribution in [-0.4, -0.2) is 32.9 Å². The number of nitrogens with zero attached hydrogens (tertiary/aromatic N) is 2. The number of aromatic nitrogens is 1. The Morgan fingerprint density at radius 3 is 2.84 bits per heavy atom. The molecule has 3 aromatic heterocycles. The largest absolute Gasteiger partial charge is 0.351 e. The Labute approximate surface area is 191 Å². The molecule has 0 saturated heterocycles. The van der Waals surface area contributed by atoms with E-state index in [0.29, 0.717) is 30.6 Å². The molecule has 0 unspecified atom stereocenters. The number of carbonyl (C=O) groups is 2. The quantitative estimate of drug-likeness (QED) is 0.594. The van der Waals surface area contributed by atoms with E-state index in [9.17, 15) is 9.59 Å². The minimum absolute atomic E-state index is 0.0360. The number of hydrogen-bond donors (Lipinski definition) is 1. The molecule has 4 atom stereocenters. The first-order chi connectivity index (χ1) is 14.9. The molecule has 1 fully saturated rings. The van der Waals surface area contributed by atoms with Crippen LogP contribution in [0.1, 0.15) is 55.4 Å². The first-order valence-corrected chi connectivity index (χ1v) is 12.9. The molecule has 3 aromatic rings. The lowest BCUT2D eigenvalue weighted by Gasteiger charge is -2.45. The second-order valence-corrected chi connectivity index (χ2v) is 11.4. The number of nitrogens with one attached hydrogen (secondary N) is 1. The number of carbonyl (C=O) groups excluding carboxylic acids is 2. The maximum Gasteiger partial charge on any atom is 0.271 e. The number of hydrogen-bond acceptors (Lipinski definition) is 4. The first-order valence-electron chi connectivity index (χ1n) is 11.1. The van der Waals surface area contributed by atoms with Crippen LogP contribution in [0.5, 0.6) is 0 Å². The van der Waals surface area contributed by atoms with Gasteiger partial charge in [0.2, 0.25) is 5.91 Å². The van der Waals surface area contributed by atoms with Crippen molar-refractivity contribution >= 4 is 44.7 Å². The van der Waals surface area contributed by atoms with Crippen LogP contribution in [0.25, 0.3) is 10.2 Å². The lowest BCUT2D eigenvalue weighted by atomic mass is 9.77. The molecule has 31 heavy (non-hydrogen) atoms. The van der Waals surface area contributed by atoms with Gasteiger partial charge in [-0.2, -0.15) is 0 Å². The van der Waals surface area contributed by atoms with Crippen molar-refractivity contribution < 1.29 is 9.59 Å². The molecule has 1 aliphatic carbocycles. The molecule has 7 heteroatoms. The normalized spacial score (nSPS) is 28.7. The zero-order chi connectivity index (χ0) is 21.8. The van der Waals surface area contributed by atoms with Crippen LogP contribution in [0, 0.1) is 11.8 Å². The van der Waals surface area contributed by atoms with Gasteiger partial charge >= 0.3 is 0 Å². The highest BCUT2D eigenvalue weighted by molar-refractivity contribution is 7.17. The Bertz CT molecular complexity index is 1120. The van der Waals surface area contributed by atoms with Crippen molar-refractivity contribution in [3.63, 3.8) is 0 Å². The fourth-order valence-corrected chi connectivity index (χ4v) is 6.70. The fourth-order valence-electron chi connectivity index (χ4n) is 5.19. The van der Waals surface area contributed by atoms with Crippen LogP contribution in [-0.2, 0) is 17.9 Å². The molecular formula is C24H29N3O2S2. The summed E-state index contributed by atoms with van der Waals surface area (Å²) < 4.78 is 3.14. The van der Waals surface area contributed by atoms with Crippen molar-refractivity contribution in [2.75, 3.05) is 0 Å². The van der Waals surface area contributed by atoms with E-state index in [0.717, 1.165) is 27.9 Å². The third kappa shape index (κ3) is 3.42. The molecule has 0 spiro atoms. The van der Waals surface area contributed by atoms with Gasteiger partial charge in [-0.05, 0) is 54.1 Å². The zero-order valence-corrected chi connectivity index (χ0v) is 19.9. The zero-order valence-electron chi connectivity index (χ0n) is 18.3. The summed E-state index contributed by atoms with van der Waals surface area (Å²) in [7, 11) is 0. The van der Waals surface area contributed by atoms with Crippen molar-refractivity contribution in [2.24, 2.45) is 11.8 Å². The van der Waals surface area contributed by atoms with E-state index in [4.69, 9.17) is 0 Å². The maximum atomic E-state index is 13.8. The summed E-state index contributed by atoms with van der Waals surface area (Å²) in [5.41, 5.74) is 0.786. The summed E-state index contributed by atoms with van der Waals surface area (Å²) in [5.74, 6) is 0.942. The smallest absolute Gasteiger partial charge is 0.271 e. The van der Waals surface area contributed by atoms with Crippen molar-refractivity contribution in [3.8, 4) is 0 Å². The number of thiophene rings is 2. The fraction of sp³-hybridized carbons (Fsp3) is 0.500. The molecule has 2 aliphatic rings. The van der Waals surface area contributed by atoms with Gasteiger partial charge in [-0.1, -0.05) is 32.8 Å². The van der Waals surface area contributed by atoms with E-state index in [1.54, 1.807) is 27.6 Å². The lowest BCUT2D eigenvalue weighted by Crippen LogP contribution is -2.65. The summed E-state index contributed by atoms with van der Waals surface area (Å²) in [6.45, 7) is 7.38. The SMILES string of the molecule is C[C@H]1[C@H](C)CCC[C@@H]1NC(=O)[C@]1(C)Cn2c(cc3sccc32)C(=O)N1Cc1cccs1. The Morgan fingerprint density at radius 2 is 2.06 bits per heavy atom. The third-order valence-electron chi connectivity index (χ3n) is 7.46. The van der Waals surface area contributed by atoms with Gasteiger partial charge in [0.05, 0.1) is 23.3 Å². The van der Waals surface area contributed by atoms with E-state index in [2.05, 4.69) is 25.2 Å². The summed E-state index contributed by atoms with van der Waals surface area (Å²) in [5, 5.41) is 7.43. The van der Waals surface area contributed by atoms with Gasteiger partial charge in [-0.15, -0.1) is 22.7 Å². The van der Waals surface area contributed by atoms with Crippen LogP contribution in [0.4, 0.5) is 0 Å². The predicted molar refractivity (Wildman–Crippen MR) is 127 cm³/mol. The monoisotopic (exact) mass is 455 g/mol. The Balaban J connectivity index is 1.52. The standard InChI is InChI=1S/C24H29N3O2S2/c1-15-6-4-8-18(16(15)2)25-23(29)24(3)14-26-19-9-11-31-21(19)12-20(26)22(28)27(24)13-17-7-5-10-30-17/h5,7,9-12,15-16,18H,4,6,8,13-14H2,1-3H3,(H,25,29)/t15-,16+,18+,24+/m1/s1. The molecule has 1 aliphatic heterocycles. The molecule has 0 aromatic carbocycles. The Kier molecular flexibility index (Phi) is 5.21. The minimum atomic E-state index is -0.942. The molecule has 2 amide bonds. The van der Waals surface area contributed by atoms with Gasteiger partial charge in [0, 0.05) is 10.9 Å². The van der Waals surface area contributed by atoms with Crippen LogP contribution in [0.15, 0.2) is 35.0 Å². The first kappa shape index (κ1) is 20.8. The lowest BCUT2D eigenvalue weighted by molar-refractivity contribution is -0.134. The molecule has 0 bridgehead atoms. The highest BCUT2D eigenvalue weighted by Crippen LogP contribution is 2.36. The number of fused-ring (bicyclic) bond motifs is 3. The van der Waals surface area contributed by atoms with Gasteiger partial charge < -0.3 is 14.8 Å². The summed E-state index contributed by atoms with van der Waals surface area (Å²) >= 11 is 3.26. The molecule has 1 N–H and O–H groups in total. The van der Waals surface area contributed by atoms with Crippen LogP contribution in [0.2, 0.25) is 0 Å². The van der Waals surface area contributed by atoms with Gasteiger partial charge in [-0.25, -0.2) is 0 Å². The second kappa shape index (κ2) is 7.78. The average Bonchev–Trinajstić information content (AvgIpc) is 3.47. The van der Waals surface area contributed by atoms with Gasteiger partial charge in [0.1, 0.15) is 11.2 Å². The molecular weight excluding hydrogens is 426 g/mol. The highest BCUT2D eigenvalue weighted by atomic mass is 32.1. The van der Waals surface area contributed by atoms with E-state index in [1.165, 1.54) is 6.42 Å². The maximum absolute atomic E-state index is 13.8. The second-order valence-electron chi connectivity index (χ2n) is 9.38. The molecule has 4 heterocycles. The molecule has 5 rings (SSSR count). The van der Waals surface area contributed by atoms with Crippen LogP contribution < -0.4 is 5.32 Å². The number of rotatable bonds is 4. The summed E-state index contributed by atoms with van der Waals surface area (Å²) in [6, 6.07) is 8.23. The molecule has 5 nitrogen and oxygen atoms in total. The van der Waals surface area contributed by atoms with Crippen molar-refractivity contribution in [2.45, 2.75) is 64.7 Å². The molecule has 1 saturated carbocycles. The molecule has 0 radical (unpaired) electrons. The number of amides is 2. The predicted octanol–water partition coefficient (Wildman–Crippen LogP) is 5.12. The average molecular weight is 456 g/mol. The van der Waals surface area contributed by atoms with Crippen LogP contribution in [0.3, 0.4) is 0 Å². The van der Waals surface area contributed by atoms with Crippen molar-refractivity contribution in [1.82, 2.24) is 14.8 Å². The van der Waals surface area contributed by atoms with Gasteiger partial charge in [-0.3, -0.25) is 9.59 Å².